The van der Waals surface area contributed by atoms with Gasteiger partial charge in [0.25, 0.3) is 0 Å². The van der Waals surface area contributed by atoms with Gasteiger partial charge in [0, 0.05) is 24.1 Å². The van der Waals surface area contributed by atoms with Crippen molar-refractivity contribution in [1.82, 2.24) is 10.2 Å². The van der Waals surface area contributed by atoms with Gasteiger partial charge in [-0.1, -0.05) is 19.8 Å². The smallest absolute Gasteiger partial charge is 0.329 e. The summed E-state index contributed by atoms with van der Waals surface area (Å²) < 4.78 is 0. The Labute approximate surface area is 111 Å². The minimum atomic E-state index is -1.02. The number of amides is 2. The highest BCUT2D eigenvalue weighted by Gasteiger charge is 2.43. The Bertz CT molecular complexity index is 342. The standard InChI is InChI=1S/C12H20N2O3S/c1-9-8-14(6-7-18-9)11(17)13-12(10(15)16)4-2-3-5-12/h9H,2-8H2,1H3,(H,13,17)(H,15,16). The number of nitrogens with one attached hydrogen (secondary N) is 1. The van der Waals surface area contributed by atoms with Crippen molar-refractivity contribution in [1.29, 1.82) is 0 Å². The number of thioether (sulfide) groups is 1. The summed E-state index contributed by atoms with van der Waals surface area (Å²) in [6, 6.07) is -0.216. The summed E-state index contributed by atoms with van der Waals surface area (Å²) in [6.07, 6.45) is 2.84. The van der Waals surface area contributed by atoms with E-state index in [4.69, 9.17) is 0 Å². The van der Waals surface area contributed by atoms with Gasteiger partial charge in [0.2, 0.25) is 0 Å². The predicted octanol–water partition coefficient (Wildman–Crippen LogP) is 1.53. The van der Waals surface area contributed by atoms with Crippen LogP contribution in [0.1, 0.15) is 32.6 Å². The summed E-state index contributed by atoms with van der Waals surface area (Å²) in [6.45, 7) is 3.50. The van der Waals surface area contributed by atoms with Gasteiger partial charge in [-0.05, 0) is 12.8 Å². The fraction of sp³-hybridized carbons (Fsp3) is 0.833. The van der Waals surface area contributed by atoms with Crippen molar-refractivity contribution >= 4 is 23.8 Å². The van der Waals surface area contributed by atoms with Crippen LogP contribution in [0, 0.1) is 0 Å². The summed E-state index contributed by atoms with van der Waals surface area (Å²) in [7, 11) is 0. The Morgan fingerprint density at radius 3 is 2.61 bits per heavy atom. The highest BCUT2D eigenvalue weighted by Crippen LogP contribution is 2.30. The van der Waals surface area contributed by atoms with E-state index in [1.165, 1.54) is 0 Å². The lowest BCUT2D eigenvalue weighted by Crippen LogP contribution is -2.58. The van der Waals surface area contributed by atoms with Crippen molar-refractivity contribution in [2.45, 2.75) is 43.4 Å². The van der Waals surface area contributed by atoms with E-state index in [2.05, 4.69) is 12.2 Å². The van der Waals surface area contributed by atoms with Crippen LogP contribution < -0.4 is 5.32 Å². The zero-order valence-corrected chi connectivity index (χ0v) is 11.5. The summed E-state index contributed by atoms with van der Waals surface area (Å²) in [5, 5.41) is 12.5. The molecule has 0 aromatic heterocycles. The maximum absolute atomic E-state index is 12.2. The molecule has 1 aliphatic carbocycles. The third kappa shape index (κ3) is 2.74. The molecule has 0 spiro atoms. The van der Waals surface area contributed by atoms with E-state index in [9.17, 15) is 14.7 Å². The molecule has 0 aromatic rings. The van der Waals surface area contributed by atoms with E-state index < -0.39 is 11.5 Å². The lowest BCUT2D eigenvalue weighted by molar-refractivity contribution is -0.144. The molecule has 1 atom stereocenters. The van der Waals surface area contributed by atoms with Crippen LogP contribution >= 0.6 is 11.8 Å². The molecule has 2 fully saturated rings. The summed E-state index contributed by atoms with van der Waals surface area (Å²) in [5.41, 5.74) is -1.02. The molecule has 0 bridgehead atoms. The fourth-order valence-corrected chi connectivity index (χ4v) is 3.67. The van der Waals surface area contributed by atoms with Crippen LogP contribution in [-0.2, 0) is 4.79 Å². The number of carboxylic acids is 1. The van der Waals surface area contributed by atoms with Crippen molar-refractivity contribution in [3.05, 3.63) is 0 Å². The molecule has 2 N–H and O–H groups in total. The Kier molecular flexibility index (Phi) is 4.04. The van der Waals surface area contributed by atoms with Gasteiger partial charge in [-0.15, -0.1) is 0 Å². The van der Waals surface area contributed by atoms with Crippen molar-refractivity contribution in [3.8, 4) is 0 Å². The summed E-state index contributed by atoms with van der Waals surface area (Å²) in [5.74, 6) is 0.0297. The molecule has 1 unspecified atom stereocenters. The van der Waals surface area contributed by atoms with Gasteiger partial charge in [0.15, 0.2) is 0 Å². The van der Waals surface area contributed by atoms with Gasteiger partial charge in [0.05, 0.1) is 0 Å². The predicted molar refractivity (Wildman–Crippen MR) is 70.9 cm³/mol. The Morgan fingerprint density at radius 1 is 1.39 bits per heavy atom. The van der Waals surface area contributed by atoms with Gasteiger partial charge >= 0.3 is 12.0 Å². The van der Waals surface area contributed by atoms with Crippen LogP contribution in [0.4, 0.5) is 4.79 Å². The van der Waals surface area contributed by atoms with Gasteiger partial charge in [0.1, 0.15) is 5.54 Å². The minimum absolute atomic E-state index is 0.216. The average Bonchev–Trinajstić information content (AvgIpc) is 2.79. The van der Waals surface area contributed by atoms with Crippen LogP contribution in [-0.4, -0.2) is 51.6 Å². The molecule has 2 amide bonds. The number of hydrogen-bond acceptors (Lipinski definition) is 3. The van der Waals surface area contributed by atoms with Gasteiger partial charge in [-0.2, -0.15) is 11.8 Å². The first-order chi connectivity index (χ1) is 8.53. The van der Waals surface area contributed by atoms with Crippen LogP contribution in [0.15, 0.2) is 0 Å². The number of nitrogens with zero attached hydrogens (tertiary/aromatic N) is 1. The summed E-state index contributed by atoms with van der Waals surface area (Å²) >= 11 is 1.85. The molecule has 2 aliphatic rings. The van der Waals surface area contributed by atoms with Crippen LogP contribution in [0.2, 0.25) is 0 Å². The minimum Gasteiger partial charge on any atom is -0.480 e. The highest BCUT2D eigenvalue weighted by molar-refractivity contribution is 7.99. The van der Waals surface area contributed by atoms with Crippen LogP contribution in [0.5, 0.6) is 0 Å². The molecule has 18 heavy (non-hydrogen) atoms. The molecule has 6 heteroatoms. The molecular weight excluding hydrogens is 252 g/mol. The number of rotatable bonds is 2. The number of carbonyl (C=O) groups is 2. The molecule has 0 radical (unpaired) electrons. The molecule has 5 nitrogen and oxygen atoms in total. The van der Waals surface area contributed by atoms with E-state index in [1.54, 1.807) is 4.90 Å². The van der Waals surface area contributed by atoms with Gasteiger partial charge < -0.3 is 15.3 Å². The second-order valence-corrected chi connectivity index (χ2v) is 6.70. The molecule has 1 saturated carbocycles. The second kappa shape index (κ2) is 5.38. The van der Waals surface area contributed by atoms with Crippen LogP contribution in [0.3, 0.4) is 0 Å². The Balaban J connectivity index is 1.99. The molecule has 2 rings (SSSR count). The topological polar surface area (TPSA) is 69.6 Å². The summed E-state index contributed by atoms with van der Waals surface area (Å²) in [4.78, 5) is 25.3. The van der Waals surface area contributed by atoms with E-state index in [0.717, 1.165) is 18.6 Å². The molecule has 1 aliphatic heterocycles. The third-order valence-corrected chi connectivity index (χ3v) is 4.88. The molecule has 1 heterocycles. The SMILES string of the molecule is CC1CN(C(=O)NC2(C(=O)O)CCCC2)CCS1. The first-order valence-electron chi connectivity index (χ1n) is 6.46. The number of carboxylic acid groups (broad SMARTS) is 1. The maximum atomic E-state index is 12.2. The maximum Gasteiger partial charge on any atom is 0.329 e. The molecule has 1 saturated heterocycles. The zero-order valence-electron chi connectivity index (χ0n) is 10.6. The van der Waals surface area contributed by atoms with E-state index in [1.807, 2.05) is 11.8 Å². The normalized spacial score (nSPS) is 26.9. The Morgan fingerprint density at radius 2 is 2.06 bits per heavy atom. The van der Waals surface area contributed by atoms with Crippen molar-refractivity contribution in [2.24, 2.45) is 0 Å². The lowest BCUT2D eigenvalue weighted by atomic mass is 9.98. The third-order valence-electron chi connectivity index (χ3n) is 3.74. The van der Waals surface area contributed by atoms with Gasteiger partial charge in [-0.3, -0.25) is 0 Å². The molecule has 0 aromatic carbocycles. The first kappa shape index (κ1) is 13.5. The molecular formula is C12H20N2O3S. The van der Waals surface area contributed by atoms with Gasteiger partial charge in [-0.25, -0.2) is 9.59 Å². The van der Waals surface area contributed by atoms with E-state index in [0.29, 0.717) is 31.2 Å². The number of aliphatic carboxylic acids is 1. The quantitative estimate of drug-likeness (QED) is 0.800. The van der Waals surface area contributed by atoms with Crippen molar-refractivity contribution in [2.75, 3.05) is 18.8 Å². The zero-order chi connectivity index (χ0) is 13.2. The average molecular weight is 272 g/mol. The van der Waals surface area contributed by atoms with Crippen molar-refractivity contribution < 1.29 is 14.7 Å². The van der Waals surface area contributed by atoms with E-state index in [-0.39, 0.29) is 6.03 Å². The molecule has 102 valence electrons. The number of urea groups is 1. The lowest BCUT2D eigenvalue weighted by Gasteiger charge is -2.34. The number of hydrogen-bond donors (Lipinski definition) is 2. The Hall–Kier alpha value is -0.910. The van der Waals surface area contributed by atoms with Crippen LogP contribution in [0.25, 0.3) is 0 Å². The van der Waals surface area contributed by atoms with Crippen molar-refractivity contribution in [3.63, 3.8) is 0 Å². The first-order valence-corrected chi connectivity index (χ1v) is 7.50. The largest absolute Gasteiger partial charge is 0.480 e. The van der Waals surface area contributed by atoms with E-state index >= 15 is 0 Å². The highest BCUT2D eigenvalue weighted by atomic mass is 32.2. The monoisotopic (exact) mass is 272 g/mol. The fourth-order valence-electron chi connectivity index (χ4n) is 2.66. The number of carbonyl (C=O) groups excluding carboxylic acids is 1. The second-order valence-electron chi connectivity index (χ2n) is 5.15.